The number of hydrogen-bond donors (Lipinski definition) is 1. The van der Waals surface area contributed by atoms with Crippen molar-refractivity contribution in [3.63, 3.8) is 0 Å². The van der Waals surface area contributed by atoms with Gasteiger partial charge in [-0.05, 0) is 30.8 Å². The van der Waals surface area contributed by atoms with Gasteiger partial charge in [0, 0.05) is 23.1 Å². The molecule has 2 atom stereocenters. The summed E-state index contributed by atoms with van der Waals surface area (Å²) < 4.78 is 18.3. The van der Waals surface area contributed by atoms with Crippen LogP contribution in [0.25, 0.3) is 11.4 Å². The number of benzene rings is 1. The predicted molar refractivity (Wildman–Crippen MR) is 77.2 cm³/mol. The van der Waals surface area contributed by atoms with E-state index in [0.29, 0.717) is 17.8 Å². The Morgan fingerprint density at radius 1 is 1.35 bits per heavy atom. The Hall–Kier alpha value is -1.40. The molecular weight excluding hydrogens is 277 g/mol. The number of aromatic nitrogens is 2. The molecule has 0 aliphatic carbocycles. The zero-order chi connectivity index (χ0) is 13.9. The third-order valence-corrected chi connectivity index (χ3v) is 4.60. The molecule has 106 valence electrons. The molecule has 0 amide bonds. The van der Waals surface area contributed by atoms with Crippen LogP contribution < -0.4 is 5.32 Å². The molecule has 0 radical (unpaired) electrons. The molecule has 0 spiro atoms. The van der Waals surface area contributed by atoms with E-state index in [4.69, 9.17) is 4.52 Å². The number of hydrogen-bond acceptors (Lipinski definition) is 5. The van der Waals surface area contributed by atoms with Crippen LogP contribution >= 0.6 is 11.8 Å². The average molecular weight is 293 g/mol. The summed E-state index contributed by atoms with van der Waals surface area (Å²) in [5.41, 5.74) is 0.770. The number of nitrogens with zero attached hydrogens (tertiary/aromatic N) is 2. The first kappa shape index (κ1) is 13.6. The van der Waals surface area contributed by atoms with Gasteiger partial charge in [0.05, 0.1) is 5.92 Å². The minimum absolute atomic E-state index is 0.252. The maximum atomic E-state index is 12.9. The summed E-state index contributed by atoms with van der Waals surface area (Å²) in [4.78, 5) is 4.47. The van der Waals surface area contributed by atoms with Crippen molar-refractivity contribution >= 4 is 11.8 Å². The SMILES string of the molecule is CCNC1CSCC1c1nc(-c2ccc(F)cc2)no1. The summed E-state index contributed by atoms with van der Waals surface area (Å²) in [5, 5.41) is 7.46. The lowest BCUT2D eigenvalue weighted by atomic mass is 10.0. The molecule has 2 heterocycles. The maximum Gasteiger partial charge on any atom is 0.232 e. The molecule has 0 saturated carbocycles. The predicted octanol–water partition coefficient (Wildman–Crippen LogP) is 2.68. The molecule has 1 aromatic carbocycles. The first-order valence-corrected chi connectivity index (χ1v) is 7.84. The van der Waals surface area contributed by atoms with Crippen LogP contribution in [0, 0.1) is 5.82 Å². The van der Waals surface area contributed by atoms with E-state index in [1.165, 1.54) is 12.1 Å². The zero-order valence-corrected chi connectivity index (χ0v) is 12.0. The van der Waals surface area contributed by atoms with Crippen LogP contribution in [-0.2, 0) is 0 Å². The Labute approximate surface area is 121 Å². The van der Waals surface area contributed by atoms with E-state index in [2.05, 4.69) is 22.4 Å². The quantitative estimate of drug-likeness (QED) is 0.939. The lowest BCUT2D eigenvalue weighted by Gasteiger charge is -2.15. The maximum absolute atomic E-state index is 12.9. The second-order valence-electron chi connectivity index (χ2n) is 4.77. The molecule has 6 heteroatoms. The van der Waals surface area contributed by atoms with Crippen LogP contribution in [0.4, 0.5) is 4.39 Å². The Morgan fingerprint density at radius 2 is 2.15 bits per heavy atom. The van der Waals surface area contributed by atoms with Gasteiger partial charge >= 0.3 is 0 Å². The monoisotopic (exact) mass is 293 g/mol. The molecule has 1 aliphatic rings. The summed E-state index contributed by atoms with van der Waals surface area (Å²) in [7, 11) is 0. The standard InChI is InChI=1S/C14H16FN3OS/c1-2-16-12-8-20-7-11(12)14-17-13(18-19-14)9-3-5-10(15)6-4-9/h3-6,11-12,16H,2,7-8H2,1H3. The summed E-state index contributed by atoms with van der Waals surface area (Å²) in [6.07, 6.45) is 0. The van der Waals surface area contributed by atoms with E-state index in [1.807, 2.05) is 11.8 Å². The van der Waals surface area contributed by atoms with Crippen LogP contribution in [0.2, 0.25) is 0 Å². The first-order valence-electron chi connectivity index (χ1n) is 6.68. The molecule has 1 aliphatic heterocycles. The highest BCUT2D eigenvalue weighted by molar-refractivity contribution is 7.99. The van der Waals surface area contributed by atoms with Gasteiger partial charge in [-0.2, -0.15) is 16.7 Å². The van der Waals surface area contributed by atoms with Gasteiger partial charge in [0.1, 0.15) is 5.82 Å². The molecule has 1 aromatic heterocycles. The van der Waals surface area contributed by atoms with Crippen LogP contribution in [-0.4, -0.2) is 34.2 Å². The third-order valence-electron chi connectivity index (χ3n) is 3.41. The van der Waals surface area contributed by atoms with Gasteiger partial charge in [-0.1, -0.05) is 12.1 Å². The van der Waals surface area contributed by atoms with Crippen molar-refractivity contribution < 1.29 is 8.91 Å². The van der Waals surface area contributed by atoms with Crippen LogP contribution in [0.3, 0.4) is 0 Å². The minimum atomic E-state index is -0.267. The highest BCUT2D eigenvalue weighted by Crippen LogP contribution is 2.32. The van der Waals surface area contributed by atoms with Gasteiger partial charge < -0.3 is 9.84 Å². The number of likely N-dealkylation sites (N-methyl/N-ethyl adjacent to an activating group) is 1. The summed E-state index contributed by atoms with van der Waals surface area (Å²) in [6.45, 7) is 3.03. The van der Waals surface area contributed by atoms with Crippen molar-refractivity contribution in [3.05, 3.63) is 36.0 Å². The summed E-state index contributed by atoms with van der Waals surface area (Å²) in [6, 6.07) is 6.51. The third kappa shape index (κ3) is 2.71. The highest BCUT2D eigenvalue weighted by Gasteiger charge is 2.32. The largest absolute Gasteiger partial charge is 0.339 e. The van der Waals surface area contributed by atoms with E-state index in [-0.39, 0.29) is 11.7 Å². The van der Waals surface area contributed by atoms with Crippen LogP contribution in [0.15, 0.2) is 28.8 Å². The fourth-order valence-corrected chi connectivity index (χ4v) is 3.73. The van der Waals surface area contributed by atoms with E-state index in [9.17, 15) is 4.39 Å². The van der Waals surface area contributed by atoms with Crippen molar-refractivity contribution in [1.29, 1.82) is 0 Å². The Balaban J connectivity index is 1.81. The Morgan fingerprint density at radius 3 is 2.90 bits per heavy atom. The molecule has 2 aromatic rings. The Kier molecular flexibility index (Phi) is 4.03. The number of nitrogens with one attached hydrogen (secondary N) is 1. The van der Waals surface area contributed by atoms with E-state index >= 15 is 0 Å². The number of thioether (sulfide) groups is 1. The van der Waals surface area contributed by atoms with Crippen LogP contribution in [0.1, 0.15) is 18.7 Å². The van der Waals surface area contributed by atoms with E-state index < -0.39 is 0 Å². The van der Waals surface area contributed by atoms with Crippen molar-refractivity contribution in [2.24, 2.45) is 0 Å². The summed E-state index contributed by atoms with van der Waals surface area (Å²) in [5.74, 6) is 3.22. The fraction of sp³-hybridized carbons (Fsp3) is 0.429. The summed E-state index contributed by atoms with van der Waals surface area (Å²) >= 11 is 1.89. The van der Waals surface area contributed by atoms with Crippen LogP contribution in [0.5, 0.6) is 0 Å². The molecule has 3 rings (SSSR count). The topological polar surface area (TPSA) is 51.0 Å². The minimum Gasteiger partial charge on any atom is -0.339 e. The van der Waals surface area contributed by atoms with Gasteiger partial charge in [-0.3, -0.25) is 0 Å². The van der Waals surface area contributed by atoms with Crippen molar-refractivity contribution in [2.75, 3.05) is 18.1 Å². The number of rotatable bonds is 4. The molecule has 1 saturated heterocycles. The van der Waals surface area contributed by atoms with Crippen molar-refractivity contribution in [2.45, 2.75) is 18.9 Å². The molecule has 20 heavy (non-hydrogen) atoms. The molecular formula is C14H16FN3OS. The van der Waals surface area contributed by atoms with E-state index in [0.717, 1.165) is 23.6 Å². The molecule has 2 unspecified atom stereocenters. The van der Waals surface area contributed by atoms with E-state index in [1.54, 1.807) is 12.1 Å². The molecule has 1 fully saturated rings. The van der Waals surface area contributed by atoms with Gasteiger partial charge in [0.25, 0.3) is 0 Å². The van der Waals surface area contributed by atoms with Crippen molar-refractivity contribution in [1.82, 2.24) is 15.5 Å². The number of halogens is 1. The molecule has 1 N–H and O–H groups in total. The van der Waals surface area contributed by atoms with Gasteiger partial charge in [-0.25, -0.2) is 4.39 Å². The lowest BCUT2D eigenvalue weighted by molar-refractivity contribution is 0.340. The normalized spacial score (nSPS) is 22.3. The average Bonchev–Trinajstić information content (AvgIpc) is 3.08. The second-order valence-corrected chi connectivity index (χ2v) is 5.85. The Bertz CT molecular complexity index is 572. The zero-order valence-electron chi connectivity index (χ0n) is 11.2. The first-order chi connectivity index (χ1) is 9.78. The molecule has 0 bridgehead atoms. The van der Waals surface area contributed by atoms with Gasteiger partial charge in [0.15, 0.2) is 0 Å². The van der Waals surface area contributed by atoms with Gasteiger partial charge in [0.2, 0.25) is 11.7 Å². The van der Waals surface area contributed by atoms with Gasteiger partial charge in [-0.15, -0.1) is 0 Å². The van der Waals surface area contributed by atoms with Crippen molar-refractivity contribution in [3.8, 4) is 11.4 Å². The fourth-order valence-electron chi connectivity index (χ4n) is 2.36. The second kappa shape index (κ2) is 5.93. The smallest absolute Gasteiger partial charge is 0.232 e. The highest BCUT2D eigenvalue weighted by atomic mass is 32.2. The molecule has 4 nitrogen and oxygen atoms in total. The lowest BCUT2D eigenvalue weighted by Crippen LogP contribution is -2.34.